The summed E-state index contributed by atoms with van der Waals surface area (Å²) in [4.78, 5) is 0. The molecule has 0 fully saturated rings. The smallest absolute Gasteiger partial charge is 0.223 e. The van der Waals surface area contributed by atoms with E-state index in [2.05, 4.69) is 89.0 Å². The molecular weight excluding hydrogens is 336 g/mol. The first-order chi connectivity index (χ1) is 12.0. The molecule has 0 aliphatic heterocycles. The van der Waals surface area contributed by atoms with Crippen molar-refractivity contribution >= 4 is 33.1 Å². The van der Waals surface area contributed by atoms with E-state index in [0.29, 0.717) is 0 Å². The molecule has 134 valence electrons. The summed E-state index contributed by atoms with van der Waals surface area (Å²) in [5, 5.41) is 2.90. The van der Waals surface area contributed by atoms with Crippen LogP contribution in [0.4, 0.5) is 0 Å². The molecule has 0 atom stereocenters. The van der Waals surface area contributed by atoms with Crippen LogP contribution in [-0.2, 0) is 4.43 Å². The van der Waals surface area contributed by atoms with Gasteiger partial charge in [-0.3, -0.25) is 0 Å². The summed E-state index contributed by atoms with van der Waals surface area (Å²) in [5.41, 5.74) is 3.51. The largest absolute Gasteiger partial charge is 0.413 e. The van der Waals surface area contributed by atoms with E-state index in [1.807, 2.05) is 0 Å². The Balaban J connectivity index is 2.25. The van der Waals surface area contributed by atoms with Gasteiger partial charge in [-0.1, -0.05) is 87.2 Å². The Morgan fingerprint density at radius 3 is 1.76 bits per heavy atom. The molecule has 0 heterocycles. The molecule has 0 unspecified atom stereocenters. The summed E-state index contributed by atoms with van der Waals surface area (Å²) in [5.74, 6) is 0. The highest BCUT2D eigenvalue weighted by atomic mass is 28.4. The van der Waals surface area contributed by atoms with E-state index in [4.69, 9.17) is 4.43 Å². The van der Waals surface area contributed by atoms with E-state index in [-0.39, 0.29) is 0 Å². The van der Waals surface area contributed by atoms with Crippen LogP contribution in [0, 0.1) is 0 Å². The van der Waals surface area contributed by atoms with Gasteiger partial charge < -0.3 is 4.43 Å². The van der Waals surface area contributed by atoms with Gasteiger partial charge in [0.05, 0.1) is 8.80 Å². The van der Waals surface area contributed by atoms with Crippen molar-refractivity contribution in [1.82, 2.24) is 0 Å². The van der Waals surface area contributed by atoms with Crippen LogP contribution >= 0.6 is 0 Å². The minimum atomic E-state index is -1.80. The molecule has 0 amide bonds. The minimum Gasteiger partial charge on any atom is -0.413 e. The van der Waals surface area contributed by atoms with Crippen molar-refractivity contribution in [3.8, 4) is 0 Å². The van der Waals surface area contributed by atoms with Crippen molar-refractivity contribution in [2.45, 2.75) is 46.0 Å². The van der Waals surface area contributed by atoms with E-state index in [0.717, 1.165) is 24.3 Å². The van der Waals surface area contributed by atoms with Crippen molar-refractivity contribution in [1.29, 1.82) is 0 Å². The van der Waals surface area contributed by atoms with Gasteiger partial charge >= 0.3 is 0 Å². The first-order valence-electron chi connectivity index (χ1n) is 9.51. The monoisotopic (exact) mass is 368 g/mol. The van der Waals surface area contributed by atoms with Gasteiger partial charge in [-0.05, 0) is 40.9 Å². The predicted molar refractivity (Wildman–Crippen MR) is 118 cm³/mol. The van der Waals surface area contributed by atoms with E-state index in [1.54, 1.807) is 0 Å². The highest BCUT2D eigenvalue weighted by molar-refractivity contribution is 6.86. The molecule has 0 spiro atoms. The molecule has 3 heteroatoms. The van der Waals surface area contributed by atoms with Gasteiger partial charge in [0.2, 0.25) is 8.32 Å². The first kappa shape index (κ1) is 19.9. The highest BCUT2D eigenvalue weighted by Crippen LogP contribution is 2.22. The van der Waals surface area contributed by atoms with Gasteiger partial charge in [-0.2, -0.15) is 0 Å². The zero-order chi connectivity index (χ0) is 18.4. The Labute approximate surface area is 156 Å². The molecule has 0 saturated heterocycles. The normalized spacial score (nSPS) is 11.8. The zero-order valence-corrected chi connectivity index (χ0v) is 18.6. The van der Waals surface area contributed by atoms with Gasteiger partial charge in [0, 0.05) is 6.61 Å². The predicted octanol–water partition coefficient (Wildman–Crippen LogP) is 4.67. The van der Waals surface area contributed by atoms with Crippen molar-refractivity contribution in [2.24, 2.45) is 0 Å². The number of benzene rings is 2. The van der Waals surface area contributed by atoms with Crippen molar-refractivity contribution in [2.75, 3.05) is 6.61 Å². The fourth-order valence-electron chi connectivity index (χ4n) is 3.43. The van der Waals surface area contributed by atoms with Gasteiger partial charge in [0.15, 0.2) is 0 Å². The van der Waals surface area contributed by atoms with Crippen LogP contribution in [-0.4, -0.2) is 23.7 Å². The molecule has 1 nitrogen and oxygen atoms in total. The molecule has 2 aromatic rings. The third kappa shape index (κ3) is 4.41. The third-order valence-electron chi connectivity index (χ3n) is 5.25. The Morgan fingerprint density at radius 1 is 0.880 bits per heavy atom. The second kappa shape index (κ2) is 8.79. The molecule has 25 heavy (non-hydrogen) atoms. The molecule has 2 rings (SSSR count). The van der Waals surface area contributed by atoms with Gasteiger partial charge in [-0.15, -0.1) is 0 Å². The lowest BCUT2D eigenvalue weighted by atomic mass is 10.00. The molecule has 0 aliphatic carbocycles. The lowest BCUT2D eigenvalue weighted by molar-refractivity contribution is 0.330. The van der Waals surface area contributed by atoms with Gasteiger partial charge in [0.25, 0.3) is 0 Å². The number of rotatable bonds is 8. The maximum absolute atomic E-state index is 6.25. The Bertz CT molecular complexity index is 683. The van der Waals surface area contributed by atoms with E-state index < -0.39 is 17.1 Å². The fourth-order valence-corrected chi connectivity index (χ4v) is 7.61. The lowest BCUT2D eigenvalue weighted by Gasteiger charge is -2.29. The average Bonchev–Trinajstić information content (AvgIpc) is 2.66. The van der Waals surface area contributed by atoms with Crippen molar-refractivity contribution < 1.29 is 4.43 Å². The molecule has 0 aliphatic rings. The topological polar surface area (TPSA) is 9.23 Å². The fraction of sp³-hybridized carbons (Fsp3) is 0.364. The summed E-state index contributed by atoms with van der Waals surface area (Å²) in [7, 11) is -2.54. The molecule has 0 bridgehead atoms. The third-order valence-corrected chi connectivity index (χ3v) is 11.5. The van der Waals surface area contributed by atoms with Gasteiger partial charge in [0.1, 0.15) is 0 Å². The molecule has 0 aromatic heterocycles. The SMILES string of the molecule is C=C(c1ccc([SiH](C)C)cc1)c1ccc([Si](CC)(CC)OCC)cc1. The molecular formula is C22H32OSi2. The van der Waals surface area contributed by atoms with E-state index >= 15 is 0 Å². The summed E-state index contributed by atoms with van der Waals surface area (Å²) in [6.07, 6.45) is 0. The minimum absolute atomic E-state index is 0.734. The van der Waals surface area contributed by atoms with Crippen LogP contribution in [0.3, 0.4) is 0 Å². The maximum atomic E-state index is 6.25. The lowest BCUT2D eigenvalue weighted by Crippen LogP contribution is -2.49. The standard InChI is InChI=1S/C22H32OSi2/c1-7-23-25(8-2,9-3)22-16-12-20(13-17-22)18(4)19-10-14-21(15-11-19)24(5)6/h10-17,24H,4,7-9H2,1-3,5-6H3. The second-order valence-electron chi connectivity index (χ2n) is 6.97. The zero-order valence-electron chi connectivity index (χ0n) is 16.4. The van der Waals surface area contributed by atoms with E-state index in [1.165, 1.54) is 21.5 Å². The number of hydrogen-bond acceptors (Lipinski definition) is 1. The maximum Gasteiger partial charge on any atom is 0.223 e. The van der Waals surface area contributed by atoms with Crippen LogP contribution in [0.1, 0.15) is 31.9 Å². The molecule has 0 N–H and O–H groups in total. The van der Waals surface area contributed by atoms with Crippen LogP contribution in [0.2, 0.25) is 25.2 Å². The van der Waals surface area contributed by atoms with E-state index in [9.17, 15) is 0 Å². The van der Waals surface area contributed by atoms with Crippen molar-refractivity contribution in [3.63, 3.8) is 0 Å². The van der Waals surface area contributed by atoms with Crippen LogP contribution in [0.15, 0.2) is 55.1 Å². The molecule has 0 saturated carbocycles. The summed E-state index contributed by atoms with van der Waals surface area (Å²) in [6.45, 7) is 16.5. The average molecular weight is 369 g/mol. The quantitative estimate of drug-likeness (QED) is 0.615. The summed E-state index contributed by atoms with van der Waals surface area (Å²) < 4.78 is 6.25. The Morgan fingerprint density at radius 2 is 1.36 bits per heavy atom. The molecule has 0 radical (unpaired) electrons. The van der Waals surface area contributed by atoms with Crippen LogP contribution in [0.25, 0.3) is 5.57 Å². The second-order valence-corrected chi connectivity index (χ2v) is 14.2. The highest BCUT2D eigenvalue weighted by Gasteiger charge is 2.32. The van der Waals surface area contributed by atoms with Crippen LogP contribution < -0.4 is 10.4 Å². The Hall–Kier alpha value is -1.43. The summed E-state index contributed by atoms with van der Waals surface area (Å²) in [6, 6.07) is 20.2. The first-order valence-corrected chi connectivity index (χ1v) is 14.7. The van der Waals surface area contributed by atoms with Gasteiger partial charge in [-0.25, -0.2) is 0 Å². The van der Waals surface area contributed by atoms with Crippen LogP contribution in [0.5, 0.6) is 0 Å². The van der Waals surface area contributed by atoms with Crippen molar-refractivity contribution in [3.05, 3.63) is 66.2 Å². The number of hydrogen-bond donors (Lipinski definition) is 0. The molecule has 2 aromatic carbocycles. The Kier molecular flexibility index (Phi) is 6.99. The summed E-state index contributed by atoms with van der Waals surface area (Å²) >= 11 is 0.